The van der Waals surface area contributed by atoms with Crippen LogP contribution in [0.1, 0.15) is 60.8 Å². The van der Waals surface area contributed by atoms with Crippen molar-refractivity contribution in [2.75, 3.05) is 6.54 Å². The van der Waals surface area contributed by atoms with E-state index in [0.717, 1.165) is 18.4 Å². The first-order valence-corrected chi connectivity index (χ1v) is 16.2. The summed E-state index contributed by atoms with van der Waals surface area (Å²) in [5, 5.41) is 2.18. The summed E-state index contributed by atoms with van der Waals surface area (Å²) in [6.07, 6.45) is 6.91. The minimum absolute atomic E-state index is 0.199. The van der Waals surface area contributed by atoms with Gasteiger partial charge < -0.3 is 18.8 Å². The Labute approximate surface area is 239 Å². The van der Waals surface area contributed by atoms with E-state index in [1.807, 2.05) is 39.0 Å². The molecule has 0 aromatic heterocycles. The smallest absolute Gasteiger partial charge is 0.410 e. The van der Waals surface area contributed by atoms with Crippen molar-refractivity contribution in [1.82, 2.24) is 4.90 Å². The first kappa shape index (κ1) is 28.4. The summed E-state index contributed by atoms with van der Waals surface area (Å²) in [5.41, 5.74) is -0.788. The molecule has 1 aliphatic carbocycles. The lowest BCUT2D eigenvalue weighted by Crippen LogP contribution is -2.68. The maximum Gasteiger partial charge on any atom is 0.410 e. The number of rotatable bonds is 5. The number of fused-ring (bicyclic) bond motifs is 1. The second kappa shape index (κ2) is 10.3. The molecule has 0 spiro atoms. The van der Waals surface area contributed by atoms with Gasteiger partial charge in [-0.2, -0.15) is 0 Å². The lowest BCUT2D eigenvalue weighted by atomic mass is 9.77. The van der Waals surface area contributed by atoms with Crippen LogP contribution in [0.5, 0.6) is 0 Å². The van der Waals surface area contributed by atoms with Crippen LogP contribution in [0.2, 0.25) is 5.04 Å². The number of hydrogen-bond donors (Lipinski definition) is 0. The van der Waals surface area contributed by atoms with E-state index < -0.39 is 19.5 Å². The first-order valence-electron chi connectivity index (χ1n) is 14.3. The Morgan fingerprint density at radius 3 is 2.12 bits per heavy atom. The van der Waals surface area contributed by atoms with E-state index in [2.05, 4.69) is 75.4 Å². The molecule has 0 N–H and O–H groups in total. The van der Waals surface area contributed by atoms with Crippen LogP contribution in [0.25, 0.3) is 0 Å². The molecule has 2 aromatic carbocycles. The van der Waals surface area contributed by atoms with Crippen LogP contribution in [-0.2, 0) is 18.7 Å². The van der Waals surface area contributed by atoms with Crippen molar-refractivity contribution >= 4 is 30.8 Å². The van der Waals surface area contributed by atoms with Crippen molar-refractivity contribution in [3.63, 3.8) is 0 Å². The molecule has 0 bridgehead atoms. The predicted octanol–water partition coefficient (Wildman–Crippen LogP) is 5.51. The van der Waals surface area contributed by atoms with Crippen molar-refractivity contribution < 1.29 is 23.5 Å². The van der Waals surface area contributed by atoms with Gasteiger partial charge >= 0.3 is 12.1 Å². The Hall–Kier alpha value is -3.16. The van der Waals surface area contributed by atoms with Crippen LogP contribution in [0, 0.1) is 0 Å². The fourth-order valence-corrected chi connectivity index (χ4v) is 11.3. The third kappa shape index (κ3) is 5.05. The Bertz CT molecular complexity index is 1270. The van der Waals surface area contributed by atoms with Gasteiger partial charge in [0.25, 0.3) is 8.32 Å². The lowest BCUT2D eigenvalue weighted by Gasteiger charge is -2.48. The second-order valence-electron chi connectivity index (χ2n) is 13.1. The molecule has 7 heteroatoms. The number of esters is 1. The summed E-state index contributed by atoms with van der Waals surface area (Å²) < 4.78 is 19.4. The largest absolute Gasteiger partial charge is 0.449 e. The molecule has 6 nitrogen and oxygen atoms in total. The first-order chi connectivity index (χ1) is 18.9. The van der Waals surface area contributed by atoms with Gasteiger partial charge in [0.15, 0.2) is 5.60 Å². The number of ether oxygens (including phenoxy) is 2. The van der Waals surface area contributed by atoms with E-state index in [9.17, 15) is 9.59 Å². The SMILES string of the molecule is CC(C)(C)OC(=O)N1CCCC1C12C[C@H](O[Si](c3ccccc3)(c3ccccc3)C(C)(C)C)C=CC1=CC(=O)O2. The molecule has 0 saturated carbocycles. The molecule has 3 atom stereocenters. The van der Waals surface area contributed by atoms with Crippen LogP contribution < -0.4 is 10.4 Å². The molecule has 3 aliphatic rings. The summed E-state index contributed by atoms with van der Waals surface area (Å²) in [6.45, 7) is 12.9. The Morgan fingerprint density at radius 1 is 0.975 bits per heavy atom. The quantitative estimate of drug-likeness (QED) is 0.357. The van der Waals surface area contributed by atoms with Gasteiger partial charge in [-0.1, -0.05) is 93.6 Å². The normalized spacial score (nSPS) is 24.9. The van der Waals surface area contributed by atoms with Crippen LogP contribution in [0.4, 0.5) is 4.79 Å². The molecule has 2 unspecified atom stereocenters. The van der Waals surface area contributed by atoms with Crippen molar-refractivity contribution in [3.8, 4) is 0 Å². The summed E-state index contributed by atoms with van der Waals surface area (Å²) >= 11 is 0. The highest BCUT2D eigenvalue weighted by molar-refractivity contribution is 6.99. The highest BCUT2D eigenvalue weighted by Crippen LogP contribution is 2.47. The van der Waals surface area contributed by atoms with Gasteiger partial charge in [-0.05, 0) is 49.0 Å². The van der Waals surface area contributed by atoms with Crippen molar-refractivity contribution in [2.24, 2.45) is 0 Å². The standard InChI is InChI=1S/C33H41NO5Si/c1-31(2,3)38-30(36)34-21-13-18-28(34)33-23-25(20-19-24(33)22-29(35)37-33)39-40(32(4,5)6,26-14-9-7-10-15-26)27-16-11-8-12-17-27/h7-12,14-17,19-20,22,25,28H,13,18,21,23H2,1-6H3/t25-,28?,33?/m1/s1. The van der Waals surface area contributed by atoms with Crippen LogP contribution in [0.15, 0.2) is 84.5 Å². The van der Waals surface area contributed by atoms with Crippen LogP contribution in [-0.4, -0.2) is 55.2 Å². The van der Waals surface area contributed by atoms with Gasteiger partial charge in [0.05, 0.1) is 12.1 Å². The fraction of sp³-hybridized carbons (Fsp3) is 0.455. The van der Waals surface area contributed by atoms with E-state index >= 15 is 0 Å². The number of hydrogen-bond acceptors (Lipinski definition) is 5. The van der Waals surface area contributed by atoms with E-state index in [1.165, 1.54) is 10.4 Å². The molecule has 1 amide bonds. The van der Waals surface area contributed by atoms with Gasteiger partial charge in [0, 0.05) is 24.6 Å². The predicted molar refractivity (Wildman–Crippen MR) is 159 cm³/mol. The number of nitrogens with zero attached hydrogens (tertiary/aromatic N) is 1. The number of benzene rings is 2. The lowest BCUT2D eigenvalue weighted by molar-refractivity contribution is -0.153. The molecular formula is C33H41NO5Si. The zero-order valence-corrected chi connectivity index (χ0v) is 25.5. The number of likely N-dealkylation sites (tertiary alicyclic amines) is 1. The number of carbonyl (C=O) groups is 2. The zero-order valence-electron chi connectivity index (χ0n) is 24.5. The highest BCUT2D eigenvalue weighted by atomic mass is 28.4. The van der Waals surface area contributed by atoms with E-state index in [1.54, 1.807) is 11.0 Å². The third-order valence-electron chi connectivity index (χ3n) is 8.20. The van der Waals surface area contributed by atoms with Gasteiger partial charge in [-0.3, -0.25) is 0 Å². The average Bonchev–Trinajstić information content (AvgIpc) is 3.51. The van der Waals surface area contributed by atoms with Crippen molar-refractivity contribution in [3.05, 3.63) is 84.5 Å². The van der Waals surface area contributed by atoms with Crippen LogP contribution in [0.3, 0.4) is 0 Å². The van der Waals surface area contributed by atoms with Crippen LogP contribution >= 0.6 is 0 Å². The minimum Gasteiger partial charge on any atom is -0.449 e. The van der Waals surface area contributed by atoms with Gasteiger partial charge in [0.1, 0.15) is 5.60 Å². The molecule has 2 aromatic rings. The zero-order chi connectivity index (χ0) is 28.8. The fourth-order valence-electron chi connectivity index (χ4n) is 6.63. The highest BCUT2D eigenvalue weighted by Gasteiger charge is 2.58. The molecule has 5 rings (SSSR count). The number of carbonyl (C=O) groups excluding carboxylic acids is 2. The van der Waals surface area contributed by atoms with Crippen molar-refractivity contribution in [2.45, 2.75) is 89.2 Å². The Balaban J connectivity index is 1.55. The van der Waals surface area contributed by atoms with Gasteiger partial charge in [0.2, 0.25) is 0 Å². The van der Waals surface area contributed by atoms with E-state index in [-0.39, 0.29) is 29.2 Å². The molecule has 1 fully saturated rings. The summed E-state index contributed by atoms with van der Waals surface area (Å²) in [4.78, 5) is 27.8. The second-order valence-corrected chi connectivity index (χ2v) is 17.4. The maximum absolute atomic E-state index is 13.3. The van der Waals surface area contributed by atoms with Gasteiger partial charge in [-0.25, -0.2) is 9.59 Å². The summed E-state index contributed by atoms with van der Waals surface area (Å²) in [6, 6.07) is 20.7. The summed E-state index contributed by atoms with van der Waals surface area (Å²) in [5.74, 6) is -0.373. The monoisotopic (exact) mass is 559 g/mol. The van der Waals surface area contributed by atoms with Gasteiger partial charge in [-0.15, -0.1) is 0 Å². The molecule has 212 valence electrons. The minimum atomic E-state index is -2.86. The Morgan fingerprint density at radius 2 is 1.57 bits per heavy atom. The van der Waals surface area contributed by atoms with Crippen molar-refractivity contribution in [1.29, 1.82) is 0 Å². The molecule has 1 saturated heterocycles. The molecule has 2 heterocycles. The van der Waals surface area contributed by atoms with E-state index in [0.29, 0.717) is 13.0 Å². The maximum atomic E-state index is 13.3. The Kier molecular flexibility index (Phi) is 7.34. The average molecular weight is 560 g/mol. The molecule has 0 radical (unpaired) electrons. The summed E-state index contributed by atoms with van der Waals surface area (Å²) in [7, 11) is -2.86. The molecule has 2 aliphatic heterocycles. The number of amides is 1. The third-order valence-corrected chi connectivity index (χ3v) is 13.3. The topological polar surface area (TPSA) is 65.1 Å². The molecule has 40 heavy (non-hydrogen) atoms. The molecular weight excluding hydrogens is 518 g/mol. The van der Waals surface area contributed by atoms with E-state index in [4.69, 9.17) is 13.9 Å².